The minimum atomic E-state index is -3.96. The summed E-state index contributed by atoms with van der Waals surface area (Å²) >= 11 is 86.5. The highest BCUT2D eigenvalue weighted by Crippen LogP contribution is 2.56. The zero-order valence-corrected chi connectivity index (χ0v) is 26.4. The van der Waals surface area contributed by atoms with Gasteiger partial charge in [-0.3, -0.25) is 0 Å². The van der Waals surface area contributed by atoms with Crippen molar-refractivity contribution < 1.29 is 0 Å². The molecular formula is Cl14Si7. The van der Waals surface area contributed by atoms with Gasteiger partial charge in [0.05, 0.1) is 0 Å². The molecule has 0 atom stereocenters. The fourth-order valence-electron chi connectivity index (χ4n) is 0.829. The first-order valence-corrected chi connectivity index (χ1v) is 37.3. The van der Waals surface area contributed by atoms with Crippen LogP contribution in [0.3, 0.4) is 0 Å². The van der Waals surface area contributed by atoms with Gasteiger partial charge < -0.3 is 0 Å². The van der Waals surface area contributed by atoms with Crippen LogP contribution in [0.4, 0.5) is 0 Å². The molecule has 0 fully saturated rings. The van der Waals surface area contributed by atoms with Gasteiger partial charge >= 0.3 is 0 Å². The molecule has 0 amide bonds. The summed E-state index contributed by atoms with van der Waals surface area (Å²) in [5.74, 6) is 0. The molecule has 0 aliphatic rings. The lowest BCUT2D eigenvalue weighted by atomic mass is 26.0. The highest BCUT2D eigenvalue weighted by molar-refractivity contribution is 8.40. The molecule has 0 aromatic rings. The molecule has 0 N–H and O–H groups in total. The molecule has 0 spiro atoms. The Hall–Kier alpha value is 5.58. The second-order valence-corrected chi connectivity index (χ2v) is 91.6. The Balaban J connectivity index is 6.09. The largest absolute Gasteiger partial charge is 0.295 e. The van der Waals surface area contributed by atoms with Gasteiger partial charge in [0.1, 0.15) is 0 Å². The van der Waals surface area contributed by atoms with Crippen LogP contribution >= 0.6 is 155 Å². The lowest BCUT2D eigenvalue weighted by Gasteiger charge is -2.43. The van der Waals surface area contributed by atoms with Crippen molar-refractivity contribution in [1.29, 1.82) is 0 Å². The molecule has 21 heavy (non-hydrogen) atoms. The van der Waals surface area contributed by atoms with Crippen LogP contribution in [0.2, 0.25) is 0 Å². The Morgan fingerprint density at radius 2 is 0.571 bits per heavy atom. The molecule has 0 nitrogen and oxygen atoms in total. The van der Waals surface area contributed by atoms with Crippen molar-refractivity contribution in [1.82, 2.24) is 0 Å². The topological polar surface area (TPSA) is 0 Å². The minimum absolute atomic E-state index is 2.32. The first kappa shape index (κ1) is 26.6. The van der Waals surface area contributed by atoms with E-state index in [1.54, 1.807) is 0 Å². The van der Waals surface area contributed by atoms with Gasteiger partial charge in [-0.2, -0.15) is 0 Å². The molecule has 0 rings (SSSR count). The van der Waals surface area contributed by atoms with E-state index in [1.165, 1.54) is 0 Å². The molecule has 0 bridgehead atoms. The Bertz CT molecular complexity index is 334. The van der Waals surface area contributed by atoms with Gasteiger partial charge in [0.25, 0.3) is 42.5 Å². The summed E-state index contributed by atoms with van der Waals surface area (Å²) in [7, 11) is 0. The van der Waals surface area contributed by atoms with Crippen LogP contribution in [-0.2, 0) is 0 Å². The molecule has 0 aliphatic carbocycles. The highest BCUT2D eigenvalue weighted by atomic mass is 35.8. The SMILES string of the molecule is Cl[Si](Cl)[Si](Cl)(Cl)[Si](Cl)(Cl)[Si](Cl)(Cl)[Si](Cl)(Cl)[Si](Cl)(Cl)[Si](Cl)Cl. The van der Waals surface area contributed by atoms with Gasteiger partial charge in [0, 0.05) is 0 Å². The molecule has 0 saturated carbocycles. The summed E-state index contributed by atoms with van der Waals surface area (Å²) in [5.41, 5.74) is -19.0. The summed E-state index contributed by atoms with van der Waals surface area (Å²) in [4.78, 5) is 0. The van der Waals surface area contributed by atoms with Gasteiger partial charge in [-0.25, -0.2) is 0 Å². The Kier molecular flexibility index (Phi) is 11.3. The van der Waals surface area contributed by atoms with E-state index in [1.807, 2.05) is 0 Å². The van der Waals surface area contributed by atoms with E-state index in [4.69, 9.17) is 155 Å². The molecule has 21 heteroatoms. The second kappa shape index (κ2) is 8.94. The Labute approximate surface area is 194 Å². The van der Waals surface area contributed by atoms with Gasteiger partial charge in [-0.15, -0.1) is 155 Å². The zero-order valence-electron chi connectivity index (χ0n) is 8.79. The van der Waals surface area contributed by atoms with Crippen molar-refractivity contribution in [2.24, 2.45) is 0 Å². The van der Waals surface area contributed by atoms with E-state index < -0.39 is 42.5 Å². The Morgan fingerprint density at radius 1 is 0.381 bits per heavy atom. The molecule has 0 aromatic heterocycles. The van der Waals surface area contributed by atoms with Crippen molar-refractivity contribution in [2.75, 3.05) is 0 Å². The number of halogens is 14. The van der Waals surface area contributed by atoms with Crippen molar-refractivity contribution in [2.45, 2.75) is 0 Å². The zero-order chi connectivity index (χ0) is 17.7. The third kappa shape index (κ3) is 4.95. The van der Waals surface area contributed by atoms with Crippen LogP contribution < -0.4 is 0 Å². The molecule has 2 radical (unpaired) electrons. The maximum absolute atomic E-state index is 6.41. The van der Waals surface area contributed by atoms with E-state index in [0.717, 1.165) is 0 Å². The monoisotopic (exact) mass is 685 g/mol. The maximum Gasteiger partial charge on any atom is 0.295 e. The van der Waals surface area contributed by atoms with Crippen LogP contribution in [0.15, 0.2) is 0 Å². The molecule has 0 aliphatic heterocycles. The molecule has 0 saturated heterocycles. The van der Waals surface area contributed by atoms with Crippen LogP contribution in [0.25, 0.3) is 0 Å². The first-order chi connectivity index (χ1) is 8.89. The third-order valence-electron chi connectivity index (χ3n) is 2.05. The van der Waals surface area contributed by atoms with Crippen LogP contribution in [-0.4, -0.2) is 42.5 Å². The molecule has 0 heterocycles. The third-order valence-corrected chi connectivity index (χ3v) is 166. The predicted octanol–water partition coefficient (Wildman–Crippen LogP) is 6.99. The van der Waals surface area contributed by atoms with E-state index in [9.17, 15) is 0 Å². The average Bonchev–Trinajstić information content (AvgIpc) is 2.27. The van der Waals surface area contributed by atoms with Crippen molar-refractivity contribution in [3.05, 3.63) is 0 Å². The van der Waals surface area contributed by atoms with Gasteiger partial charge in [0.15, 0.2) is 0 Å². The molecule has 0 unspecified atom stereocenters. The average molecular weight is 693 g/mol. The van der Waals surface area contributed by atoms with Crippen LogP contribution in [0, 0.1) is 0 Å². The summed E-state index contributed by atoms with van der Waals surface area (Å²) in [6.45, 7) is -4.64. The smallest absolute Gasteiger partial charge is 0.148 e. The number of rotatable bonds is 6. The van der Waals surface area contributed by atoms with Gasteiger partial charge in [0.2, 0.25) is 0 Å². The highest BCUT2D eigenvalue weighted by Gasteiger charge is 2.83. The quantitative estimate of drug-likeness (QED) is 0.208. The van der Waals surface area contributed by atoms with Crippen molar-refractivity contribution in [3.63, 3.8) is 0 Å². The molecular weight excluding hydrogens is 693 g/mol. The van der Waals surface area contributed by atoms with E-state index >= 15 is 0 Å². The van der Waals surface area contributed by atoms with E-state index in [0.29, 0.717) is 0 Å². The standard InChI is InChI=1S/Cl14Si7/c1-15(2)17(5,6)19(9,10)21(13,14)20(11,12)18(7,8)16(3)4. The van der Waals surface area contributed by atoms with Crippen molar-refractivity contribution in [3.8, 4) is 0 Å². The van der Waals surface area contributed by atoms with Crippen LogP contribution in [0.5, 0.6) is 0 Å². The van der Waals surface area contributed by atoms with E-state index in [-0.39, 0.29) is 0 Å². The fraction of sp³-hybridized carbons (Fsp3) is 0. The fourth-order valence-corrected chi connectivity index (χ4v) is 201. The summed E-state index contributed by atoms with van der Waals surface area (Å²) in [6.07, 6.45) is 0. The summed E-state index contributed by atoms with van der Waals surface area (Å²) in [6, 6.07) is 0. The van der Waals surface area contributed by atoms with Gasteiger partial charge in [-0.05, 0) is 0 Å². The van der Waals surface area contributed by atoms with Crippen molar-refractivity contribution >= 4 is 198 Å². The predicted molar refractivity (Wildman–Crippen MR) is 122 cm³/mol. The first-order valence-electron chi connectivity index (χ1n) is 4.15. The number of hydrogen-bond acceptors (Lipinski definition) is 0. The molecule has 126 valence electrons. The van der Waals surface area contributed by atoms with E-state index in [2.05, 4.69) is 0 Å². The minimum Gasteiger partial charge on any atom is -0.148 e. The Morgan fingerprint density at radius 3 is 0.714 bits per heavy atom. The lowest BCUT2D eigenvalue weighted by Crippen LogP contribution is -2.80. The normalized spacial score (nSPS) is 16.0. The van der Waals surface area contributed by atoms with Crippen LogP contribution in [0.1, 0.15) is 0 Å². The maximum atomic E-state index is 6.41. The summed E-state index contributed by atoms with van der Waals surface area (Å²) in [5, 5.41) is 0. The van der Waals surface area contributed by atoms with Gasteiger partial charge in [-0.1, -0.05) is 0 Å². The lowest BCUT2D eigenvalue weighted by molar-refractivity contribution is 3.16. The summed E-state index contributed by atoms with van der Waals surface area (Å²) < 4.78 is 0. The molecule has 0 aromatic carbocycles. The second-order valence-electron chi connectivity index (χ2n) is 3.39. The number of hydrogen-bond donors (Lipinski definition) is 0.